The van der Waals surface area contributed by atoms with Crippen LogP contribution in [0.5, 0.6) is 5.75 Å². The van der Waals surface area contributed by atoms with Crippen LogP contribution in [0.25, 0.3) is 0 Å². The summed E-state index contributed by atoms with van der Waals surface area (Å²) >= 11 is 0. The summed E-state index contributed by atoms with van der Waals surface area (Å²) in [4.78, 5) is 14.7. The second-order valence-electron chi connectivity index (χ2n) is 7.03. The third-order valence-electron chi connectivity index (χ3n) is 4.96. The first-order chi connectivity index (χ1) is 14.4. The zero-order valence-electron chi connectivity index (χ0n) is 17.3. The van der Waals surface area contributed by atoms with E-state index in [1.54, 1.807) is 36.4 Å². The second kappa shape index (κ2) is 9.95. The molecule has 0 aliphatic carbocycles. The largest absolute Gasteiger partial charge is 0.494 e. The van der Waals surface area contributed by atoms with Crippen LogP contribution in [0.1, 0.15) is 37.0 Å². The highest BCUT2D eigenvalue weighted by Gasteiger charge is 2.24. The molecule has 0 atom stereocenters. The van der Waals surface area contributed by atoms with Gasteiger partial charge in [-0.25, -0.2) is 8.42 Å². The number of likely N-dealkylation sites (tertiary alicyclic amines) is 1. The van der Waals surface area contributed by atoms with Gasteiger partial charge in [0.25, 0.3) is 15.9 Å². The van der Waals surface area contributed by atoms with Gasteiger partial charge in [0.1, 0.15) is 5.75 Å². The zero-order chi connectivity index (χ0) is 21.6. The molecule has 162 valence electrons. The molecule has 0 unspecified atom stereocenters. The molecule has 1 amide bonds. The van der Waals surface area contributed by atoms with E-state index in [-0.39, 0.29) is 16.9 Å². The molecule has 0 saturated carbocycles. The van der Waals surface area contributed by atoms with E-state index in [0.29, 0.717) is 43.3 Å². The number of rotatable bonds is 8. The van der Waals surface area contributed by atoms with Gasteiger partial charge in [-0.3, -0.25) is 9.52 Å². The van der Waals surface area contributed by atoms with E-state index in [9.17, 15) is 13.2 Å². The molecule has 7 nitrogen and oxygen atoms in total. The predicted octanol–water partition coefficient (Wildman–Crippen LogP) is 3.53. The van der Waals surface area contributed by atoms with Crippen molar-refractivity contribution in [3.63, 3.8) is 0 Å². The smallest absolute Gasteiger partial charge is 0.261 e. The number of anilines is 1. The Bertz CT molecular complexity index is 934. The number of sulfonamides is 1. The van der Waals surface area contributed by atoms with Crippen molar-refractivity contribution in [1.82, 2.24) is 4.90 Å². The summed E-state index contributed by atoms with van der Waals surface area (Å²) in [7, 11) is -3.73. The molecule has 1 aliphatic rings. The molecule has 1 heterocycles. The molecule has 1 aliphatic heterocycles. The number of carbonyl (C=O) groups excluding carboxylic acids is 1. The van der Waals surface area contributed by atoms with Crippen molar-refractivity contribution in [3.05, 3.63) is 54.1 Å². The minimum absolute atomic E-state index is 0.0501. The van der Waals surface area contributed by atoms with Crippen LogP contribution in [0.2, 0.25) is 0 Å². The number of nitrogens with one attached hydrogen (secondary N) is 1. The Kier molecular flexibility index (Phi) is 7.33. The zero-order valence-corrected chi connectivity index (χ0v) is 18.2. The third-order valence-corrected chi connectivity index (χ3v) is 6.36. The molecule has 3 rings (SSSR count). The Morgan fingerprint density at radius 1 is 1.00 bits per heavy atom. The third kappa shape index (κ3) is 5.52. The number of benzene rings is 2. The van der Waals surface area contributed by atoms with Gasteiger partial charge in [0.05, 0.1) is 17.6 Å². The molecule has 1 saturated heterocycles. The first kappa shape index (κ1) is 22.1. The Morgan fingerprint density at radius 3 is 2.20 bits per heavy atom. The van der Waals surface area contributed by atoms with Gasteiger partial charge in [0, 0.05) is 30.9 Å². The molecule has 0 radical (unpaired) electrons. The second-order valence-corrected chi connectivity index (χ2v) is 8.72. The van der Waals surface area contributed by atoms with Gasteiger partial charge in [-0.05, 0) is 75.2 Å². The molecule has 1 fully saturated rings. The average Bonchev–Trinajstić information content (AvgIpc) is 2.75. The van der Waals surface area contributed by atoms with Crippen molar-refractivity contribution in [1.29, 1.82) is 0 Å². The Labute approximate surface area is 178 Å². The summed E-state index contributed by atoms with van der Waals surface area (Å²) in [5, 5.41) is 0. The minimum Gasteiger partial charge on any atom is -0.494 e. The highest BCUT2D eigenvalue weighted by Crippen LogP contribution is 2.21. The maximum Gasteiger partial charge on any atom is 0.261 e. The van der Waals surface area contributed by atoms with Gasteiger partial charge in [0.2, 0.25) is 0 Å². The average molecular weight is 433 g/mol. The molecule has 0 bridgehead atoms. The molecule has 1 N–H and O–H groups in total. The summed E-state index contributed by atoms with van der Waals surface area (Å²) < 4.78 is 38.7. The fourth-order valence-corrected chi connectivity index (χ4v) is 4.48. The Morgan fingerprint density at radius 2 is 1.63 bits per heavy atom. The van der Waals surface area contributed by atoms with E-state index in [1.807, 2.05) is 18.7 Å². The number of nitrogens with zero attached hydrogens (tertiary/aromatic N) is 1. The molecule has 0 aromatic heterocycles. The standard InChI is InChI=1S/C22H28N2O5S/c1-3-28-19-9-11-21(12-10-19)30(26,27)23-18-7-5-17(6-8-18)22(25)24-15-13-20(14-16-24)29-4-2/h5-12,20,23H,3-4,13-16H2,1-2H3. The molecular weight excluding hydrogens is 404 g/mol. The summed E-state index contributed by atoms with van der Waals surface area (Å²) in [5.74, 6) is 0.565. The SMILES string of the molecule is CCOc1ccc(S(=O)(=O)Nc2ccc(C(=O)N3CCC(OCC)CC3)cc2)cc1. The van der Waals surface area contributed by atoms with Crippen LogP contribution in [0.15, 0.2) is 53.4 Å². The predicted molar refractivity (Wildman–Crippen MR) is 115 cm³/mol. The minimum atomic E-state index is -3.73. The fourth-order valence-electron chi connectivity index (χ4n) is 3.42. The van der Waals surface area contributed by atoms with Crippen LogP contribution in [0.3, 0.4) is 0 Å². The van der Waals surface area contributed by atoms with Crippen molar-refractivity contribution < 1.29 is 22.7 Å². The Hall–Kier alpha value is -2.58. The monoisotopic (exact) mass is 432 g/mol. The first-order valence-electron chi connectivity index (χ1n) is 10.2. The molecule has 30 heavy (non-hydrogen) atoms. The van der Waals surface area contributed by atoms with Crippen molar-refractivity contribution in [3.8, 4) is 5.75 Å². The lowest BCUT2D eigenvalue weighted by molar-refractivity contribution is 0.0146. The maximum absolute atomic E-state index is 12.7. The lowest BCUT2D eigenvalue weighted by atomic mass is 10.1. The molecule has 0 spiro atoms. The Balaban J connectivity index is 1.62. The van der Waals surface area contributed by atoms with Crippen LogP contribution >= 0.6 is 0 Å². The van der Waals surface area contributed by atoms with Crippen molar-refractivity contribution in [2.24, 2.45) is 0 Å². The van der Waals surface area contributed by atoms with Crippen LogP contribution in [0, 0.1) is 0 Å². The fraction of sp³-hybridized carbons (Fsp3) is 0.409. The van der Waals surface area contributed by atoms with Crippen LogP contribution in [-0.4, -0.2) is 51.6 Å². The van der Waals surface area contributed by atoms with Crippen molar-refractivity contribution >= 4 is 21.6 Å². The van der Waals surface area contributed by atoms with Crippen molar-refractivity contribution in [2.45, 2.75) is 37.7 Å². The summed E-state index contributed by atoms with van der Waals surface area (Å²) in [6.07, 6.45) is 1.89. The lowest BCUT2D eigenvalue weighted by Crippen LogP contribution is -2.40. The van der Waals surface area contributed by atoms with Gasteiger partial charge in [-0.15, -0.1) is 0 Å². The van der Waals surface area contributed by atoms with Gasteiger partial charge in [-0.1, -0.05) is 0 Å². The van der Waals surface area contributed by atoms with Gasteiger partial charge < -0.3 is 14.4 Å². The number of hydrogen-bond donors (Lipinski definition) is 1. The highest BCUT2D eigenvalue weighted by atomic mass is 32.2. The number of hydrogen-bond acceptors (Lipinski definition) is 5. The summed E-state index contributed by atoms with van der Waals surface area (Å²) in [6, 6.07) is 12.7. The molecule has 8 heteroatoms. The van der Waals surface area contributed by atoms with E-state index in [1.165, 1.54) is 12.1 Å². The van der Waals surface area contributed by atoms with E-state index in [0.717, 1.165) is 12.8 Å². The first-order valence-corrected chi connectivity index (χ1v) is 11.7. The van der Waals surface area contributed by atoms with Gasteiger partial charge >= 0.3 is 0 Å². The number of carbonyl (C=O) groups is 1. The molecule has 2 aromatic carbocycles. The lowest BCUT2D eigenvalue weighted by Gasteiger charge is -2.31. The number of amides is 1. The van der Waals surface area contributed by atoms with Gasteiger partial charge in [-0.2, -0.15) is 0 Å². The van der Waals surface area contributed by atoms with Crippen molar-refractivity contribution in [2.75, 3.05) is 31.0 Å². The van der Waals surface area contributed by atoms with E-state index in [2.05, 4.69) is 4.72 Å². The summed E-state index contributed by atoms with van der Waals surface area (Å²) in [5.41, 5.74) is 0.935. The molecular formula is C22H28N2O5S. The van der Waals surface area contributed by atoms with E-state index >= 15 is 0 Å². The van der Waals surface area contributed by atoms with Gasteiger partial charge in [0.15, 0.2) is 0 Å². The quantitative estimate of drug-likeness (QED) is 0.690. The molecule has 2 aromatic rings. The normalized spacial score (nSPS) is 15.1. The number of piperidine rings is 1. The van der Waals surface area contributed by atoms with E-state index < -0.39 is 10.0 Å². The maximum atomic E-state index is 12.7. The van der Waals surface area contributed by atoms with E-state index in [4.69, 9.17) is 9.47 Å². The summed E-state index contributed by atoms with van der Waals surface area (Å²) in [6.45, 7) is 6.37. The van der Waals surface area contributed by atoms with Crippen LogP contribution in [0.4, 0.5) is 5.69 Å². The number of ether oxygens (including phenoxy) is 2. The van der Waals surface area contributed by atoms with Crippen LogP contribution in [-0.2, 0) is 14.8 Å². The van der Waals surface area contributed by atoms with Crippen LogP contribution < -0.4 is 9.46 Å². The topological polar surface area (TPSA) is 84.9 Å². The highest BCUT2D eigenvalue weighted by molar-refractivity contribution is 7.92.